The summed E-state index contributed by atoms with van der Waals surface area (Å²) in [5.74, 6) is -0.561. The van der Waals surface area contributed by atoms with Crippen molar-refractivity contribution in [2.75, 3.05) is 5.32 Å². The summed E-state index contributed by atoms with van der Waals surface area (Å²) in [6.07, 6.45) is 1.17. The van der Waals surface area contributed by atoms with Gasteiger partial charge in [0.1, 0.15) is 17.7 Å². The van der Waals surface area contributed by atoms with Crippen LogP contribution in [0.2, 0.25) is 0 Å². The second-order valence-corrected chi connectivity index (χ2v) is 6.03. The maximum absolute atomic E-state index is 13.9. The molecule has 20 heavy (non-hydrogen) atoms. The molecule has 1 amide bonds. The van der Waals surface area contributed by atoms with Crippen molar-refractivity contribution in [2.24, 2.45) is 5.92 Å². The van der Waals surface area contributed by atoms with Crippen molar-refractivity contribution in [1.82, 2.24) is 0 Å². The molecule has 5 heteroatoms. The fourth-order valence-electron chi connectivity index (χ4n) is 2.31. The zero-order valence-corrected chi connectivity index (χ0v) is 11.8. The number of hydrogen-bond donors (Lipinski definition) is 1. The molecule has 0 fully saturated rings. The van der Waals surface area contributed by atoms with Gasteiger partial charge in [-0.15, -0.1) is 0 Å². The first-order valence-corrected chi connectivity index (χ1v) is 6.55. The molecule has 108 valence electrons. The average Bonchev–Trinajstić information content (AvgIpc) is 2.69. The number of ether oxygens (including phenoxy) is 1. The molecule has 1 unspecified atom stereocenters. The van der Waals surface area contributed by atoms with E-state index in [2.05, 4.69) is 5.32 Å². The Morgan fingerprint density at radius 3 is 2.70 bits per heavy atom. The lowest BCUT2D eigenvalue weighted by Crippen LogP contribution is -2.27. The van der Waals surface area contributed by atoms with Crippen LogP contribution in [0.3, 0.4) is 0 Å². The van der Waals surface area contributed by atoms with Crippen molar-refractivity contribution in [1.29, 1.82) is 0 Å². The van der Waals surface area contributed by atoms with Gasteiger partial charge in [0.25, 0.3) is 0 Å². The Hall–Kier alpha value is -1.91. The van der Waals surface area contributed by atoms with Gasteiger partial charge >= 0.3 is 6.09 Å². The smallest absolute Gasteiger partial charge is 0.412 e. The van der Waals surface area contributed by atoms with Crippen LogP contribution >= 0.6 is 0 Å². The summed E-state index contributed by atoms with van der Waals surface area (Å²) >= 11 is 0. The Balaban J connectivity index is 2.14. The lowest BCUT2D eigenvalue weighted by atomic mass is 10.1. The minimum atomic E-state index is -0.623. The van der Waals surface area contributed by atoms with Gasteiger partial charge in [-0.05, 0) is 56.9 Å². The SMILES string of the molecule is CC(C)(C)OC(=O)Nc1cc(F)c2c(c1)CC(C=O)C2. The van der Waals surface area contributed by atoms with E-state index in [1.807, 2.05) is 0 Å². The fourth-order valence-corrected chi connectivity index (χ4v) is 2.31. The first kappa shape index (κ1) is 14.5. The molecule has 1 aromatic rings. The highest BCUT2D eigenvalue weighted by atomic mass is 19.1. The molecule has 1 aliphatic rings. The van der Waals surface area contributed by atoms with E-state index in [1.54, 1.807) is 26.8 Å². The predicted molar refractivity (Wildman–Crippen MR) is 73.2 cm³/mol. The van der Waals surface area contributed by atoms with E-state index in [-0.39, 0.29) is 5.92 Å². The number of fused-ring (bicyclic) bond motifs is 1. The number of hydrogen-bond acceptors (Lipinski definition) is 3. The molecular formula is C15H18FNO3. The summed E-state index contributed by atoms with van der Waals surface area (Å²) in [7, 11) is 0. The maximum atomic E-state index is 13.9. The van der Waals surface area contributed by atoms with Crippen molar-refractivity contribution < 1.29 is 18.7 Å². The normalized spacial score (nSPS) is 17.5. The zero-order chi connectivity index (χ0) is 14.9. The van der Waals surface area contributed by atoms with E-state index in [0.717, 1.165) is 11.8 Å². The molecule has 1 aliphatic carbocycles. The molecule has 0 saturated heterocycles. The van der Waals surface area contributed by atoms with E-state index < -0.39 is 17.5 Å². The van der Waals surface area contributed by atoms with Gasteiger partial charge < -0.3 is 9.53 Å². The Labute approximate surface area is 117 Å². The molecule has 4 nitrogen and oxygen atoms in total. The van der Waals surface area contributed by atoms with Crippen molar-refractivity contribution in [3.05, 3.63) is 29.1 Å². The average molecular weight is 279 g/mol. The van der Waals surface area contributed by atoms with Crippen LogP contribution < -0.4 is 5.32 Å². The number of anilines is 1. The first-order valence-electron chi connectivity index (χ1n) is 6.55. The van der Waals surface area contributed by atoms with Crippen LogP contribution in [0.5, 0.6) is 0 Å². The predicted octanol–water partition coefficient (Wildman–Crippen LogP) is 3.09. The molecular weight excluding hydrogens is 261 g/mol. The van der Waals surface area contributed by atoms with E-state index in [0.29, 0.717) is 24.1 Å². The van der Waals surface area contributed by atoms with Crippen molar-refractivity contribution in [3.8, 4) is 0 Å². The summed E-state index contributed by atoms with van der Waals surface area (Å²) in [5.41, 5.74) is 1.08. The summed E-state index contributed by atoms with van der Waals surface area (Å²) in [5, 5.41) is 2.51. The molecule has 2 rings (SSSR count). The van der Waals surface area contributed by atoms with Gasteiger partial charge in [0, 0.05) is 11.6 Å². The number of carbonyl (C=O) groups excluding carboxylic acids is 2. The van der Waals surface area contributed by atoms with Crippen molar-refractivity contribution >= 4 is 18.1 Å². The van der Waals surface area contributed by atoms with E-state index in [1.165, 1.54) is 6.07 Å². The van der Waals surface area contributed by atoms with Crippen LogP contribution in [0.1, 0.15) is 31.9 Å². The Bertz CT molecular complexity index is 549. The Morgan fingerprint density at radius 1 is 1.40 bits per heavy atom. The van der Waals surface area contributed by atoms with Gasteiger partial charge in [0.15, 0.2) is 0 Å². The van der Waals surface area contributed by atoms with Crippen LogP contribution in [-0.4, -0.2) is 18.0 Å². The number of amides is 1. The third-order valence-corrected chi connectivity index (χ3v) is 3.07. The number of carbonyl (C=O) groups is 2. The van der Waals surface area contributed by atoms with Crippen LogP contribution in [0, 0.1) is 11.7 Å². The minimum absolute atomic E-state index is 0.170. The van der Waals surface area contributed by atoms with Gasteiger partial charge in [0.05, 0.1) is 0 Å². The molecule has 0 radical (unpaired) electrons. The van der Waals surface area contributed by atoms with Crippen LogP contribution in [0.4, 0.5) is 14.9 Å². The minimum Gasteiger partial charge on any atom is -0.444 e. The van der Waals surface area contributed by atoms with Crippen LogP contribution in [0.15, 0.2) is 12.1 Å². The topological polar surface area (TPSA) is 55.4 Å². The number of rotatable bonds is 2. The monoisotopic (exact) mass is 279 g/mol. The molecule has 0 bridgehead atoms. The van der Waals surface area contributed by atoms with E-state index in [9.17, 15) is 14.0 Å². The third kappa shape index (κ3) is 3.35. The third-order valence-electron chi connectivity index (χ3n) is 3.07. The van der Waals surface area contributed by atoms with Crippen molar-refractivity contribution in [2.45, 2.75) is 39.2 Å². The van der Waals surface area contributed by atoms with Gasteiger partial charge in [-0.1, -0.05) is 0 Å². The van der Waals surface area contributed by atoms with Crippen molar-refractivity contribution in [3.63, 3.8) is 0 Å². The molecule has 1 N–H and O–H groups in total. The number of aldehydes is 1. The highest BCUT2D eigenvalue weighted by molar-refractivity contribution is 5.85. The lowest BCUT2D eigenvalue weighted by molar-refractivity contribution is -0.110. The Kier molecular flexibility index (Phi) is 3.79. The summed E-state index contributed by atoms with van der Waals surface area (Å²) in [6.45, 7) is 5.26. The van der Waals surface area contributed by atoms with Crippen LogP contribution in [0.25, 0.3) is 0 Å². The first-order chi connectivity index (χ1) is 9.28. The summed E-state index contributed by atoms with van der Waals surface area (Å²) in [4.78, 5) is 22.4. The molecule has 1 aromatic carbocycles. The second-order valence-electron chi connectivity index (χ2n) is 6.03. The Morgan fingerprint density at radius 2 is 2.10 bits per heavy atom. The zero-order valence-electron chi connectivity index (χ0n) is 11.8. The van der Waals surface area contributed by atoms with Gasteiger partial charge in [0.2, 0.25) is 0 Å². The highest BCUT2D eigenvalue weighted by Crippen LogP contribution is 2.30. The number of nitrogens with one attached hydrogen (secondary N) is 1. The molecule has 0 spiro atoms. The quantitative estimate of drug-likeness (QED) is 0.846. The molecule has 1 atom stereocenters. The maximum Gasteiger partial charge on any atom is 0.412 e. The number of halogens is 1. The lowest BCUT2D eigenvalue weighted by Gasteiger charge is -2.20. The standard InChI is InChI=1S/C15H18FNO3/c1-15(2,3)20-14(19)17-11-6-10-4-9(8-18)5-12(10)13(16)7-11/h6-9H,4-5H2,1-3H3,(H,17,19). The van der Waals surface area contributed by atoms with Gasteiger partial charge in [-0.25, -0.2) is 9.18 Å². The molecule has 0 aromatic heterocycles. The highest BCUT2D eigenvalue weighted by Gasteiger charge is 2.25. The van der Waals surface area contributed by atoms with E-state index in [4.69, 9.17) is 4.74 Å². The summed E-state index contributed by atoms with van der Waals surface area (Å²) in [6, 6.07) is 2.96. The number of benzene rings is 1. The van der Waals surface area contributed by atoms with Crippen LogP contribution in [-0.2, 0) is 22.4 Å². The fraction of sp³-hybridized carbons (Fsp3) is 0.467. The molecule has 0 saturated carbocycles. The summed E-state index contributed by atoms with van der Waals surface area (Å²) < 4.78 is 19.1. The van der Waals surface area contributed by atoms with Gasteiger partial charge in [-0.2, -0.15) is 0 Å². The molecule has 0 aliphatic heterocycles. The second kappa shape index (κ2) is 5.23. The van der Waals surface area contributed by atoms with Gasteiger partial charge in [-0.3, -0.25) is 5.32 Å². The van der Waals surface area contributed by atoms with E-state index >= 15 is 0 Å². The largest absolute Gasteiger partial charge is 0.444 e. The molecule has 0 heterocycles.